The third kappa shape index (κ3) is 4.72. The zero-order valence-corrected chi connectivity index (χ0v) is 14.0. The van der Waals surface area contributed by atoms with E-state index in [9.17, 15) is 19.7 Å². The zero-order chi connectivity index (χ0) is 18.3. The highest BCUT2D eigenvalue weighted by molar-refractivity contribution is 6.32. The molecule has 0 aliphatic rings. The van der Waals surface area contributed by atoms with Crippen LogP contribution in [-0.4, -0.2) is 43.3 Å². The lowest BCUT2D eigenvalue weighted by Crippen LogP contribution is -2.38. The number of hydrogen-bond acceptors (Lipinski definition) is 8. The Morgan fingerprint density at radius 2 is 1.71 bits per heavy atom. The number of methoxy groups -OCH3 is 1. The van der Waals surface area contributed by atoms with Gasteiger partial charge in [-0.25, -0.2) is 9.59 Å². The number of halogens is 1. The van der Waals surface area contributed by atoms with E-state index in [2.05, 4.69) is 0 Å². The molecule has 0 heterocycles. The van der Waals surface area contributed by atoms with E-state index in [1.807, 2.05) is 0 Å². The van der Waals surface area contributed by atoms with Gasteiger partial charge in [-0.15, -0.1) is 0 Å². The van der Waals surface area contributed by atoms with Crippen LogP contribution in [0.25, 0.3) is 0 Å². The van der Waals surface area contributed by atoms with Crippen molar-refractivity contribution in [1.29, 1.82) is 0 Å². The molecule has 10 heteroatoms. The van der Waals surface area contributed by atoms with Crippen molar-refractivity contribution in [1.82, 2.24) is 0 Å². The third-order valence-electron chi connectivity index (χ3n) is 2.68. The first kappa shape index (κ1) is 19.5. The van der Waals surface area contributed by atoms with E-state index in [-0.39, 0.29) is 29.7 Å². The van der Waals surface area contributed by atoms with Crippen molar-refractivity contribution in [3.63, 3.8) is 0 Å². The van der Waals surface area contributed by atoms with Crippen LogP contribution in [0.5, 0.6) is 11.5 Å². The maximum Gasteiger partial charge on any atom is 0.359 e. The van der Waals surface area contributed by atoms with Gasteiger partial charge in [0.1, 0.15) is 5.75 Å². The highest BCUT2D eigenvalue weighted by atomic mass is 35.5. The van der Waals surface area contributed by atoms with Crippen LogP contribution < -0.4 is 9.47 Å². The molecule has 0 spiro atoms. The summed E-state index contributed by atoms with van der Waals surface area (Å²) in [6.45, 7) is 3.05. The van der Waals surface area contributed by atoms with Gasteiger partial charge in [-0.2, -0.15) is 0 Å². The van der Waals surface area contributed by atoms with Crippen LogP contribution in [0, 0.1) is 10.1 Å². The largest absolute Gasteiger partial charge is 0.495 e. The summed E-state index contributed by atoms with van der Waals surface area (Å²) in [5.74, 6) is -2.37. The number of nitrogens with zero attached hydrogens (tertiary/aromatic N) is 1. The smallest absolute Gasteiger partial charge is 0.359 e. The number of carbonyl (C=O) groups is 2. The van der Waals surface area contributed by atoms with Gasteiger partial charge in [0.15, 0.2) is 0 Å². The standard InChI is InChI=1S/C14H16ClNO8/c1-4-22-13(17)12(14(18)23-5-2)24-11-7-10(21-3)8(15)6-9(11)16(19)20/h6-7,12H,4-5H2,1-3H3. The van der Waals surface area contributed by atoms with E-state index in [1.165, 1.54) is 21.0 Å². The Morgan fingerprint density at radius 1 is 1.17 bits per heavy atom. The first-order valence-corrected chi connectivity index (χ1v) is 7.25. The monoisotopic (exact) mass is 361 g/mol. The van der Waals surface area contributed by atoms with Crippen molar-refractivity contribution in [2.45, 2.75) is 20.0 Å². The highest BCUT2D eigenvalue weighted by Crippen LogP contribution is 2.37. The molecule has 9 nitrogen and oxygen atoms in total. The van der Waals surface area contributed by atoms with Crippen LogP contribution in [0.4, 0.5) is 5.69 Å². The summed E-state index contributed by atoms with van der Waals surface area (Å²) in [7, 11) is 1.30. The summed E-state index contributed by atoms with van der Waals surface area (Å²) in [4.78, 5) is 34.2. The van der Waals surface area contributed by atoms with Crippen LogP contribution in [-0.2, 0) is 19.1 Å². The van der Waals surface area contributed by atoms with E-state index >= 15 is 0 Å². The Bertz CT molecular complexity index is 615. The number of nitro groups is 1. The summed E-state index contributed by atoms with van der Waals surface area (Å²) < 4.78 is 19.6. The molecule has 0 atom stereocenters. The fourth-order valence-electron chi connectivity index (χ4n) is 1.67. The maximum atomic E-state index is 11.9. The van der Waals surface area contributed by atoms with Gasteiger partial charge in [-0.1, -0.05) is 11.6 Å². The van der Waals surface area contributed by atoms with Gasteiger partial charge in [0.2, 0.25) is 5.75 Å². The Balaban J connectivity index is 3.27. The molecule has 0 bridgehead atoms. The van der Waals surface area contributed by atoms with E-state index < -0.39 is 28.7 Å². The average molecular weight is 362 g/mol. The molecule has 0 unspecified atom stereocenters. The number of carbonyl (C=O) groups excluding carboxylic acids is 2. The van der Waals surface area contributed by atoms with Crippen LogP contribution in [0.1, 0.15) is 13.8 Å². The van der Waals surface area contributed by atoms with Gasteiger partial charge in [-0.05, 0) is 13.8 Å². The van der Waals surface area contributed by atoms with Gasteiger partial charge in [0.05, 0.1) is 30.3 Å². The number of nitro benzene ring substituents is 1. The molecule has 0 aliphatic heterocycles. The summed E-state index contributed by atoms with van der Waals surface area (Å²) in [5, 5.41) is 11.1. The predicted molar refractivity (Wildman–Crippen MR) is 82.3 cm³/mol. The van der Waals surface area contributed by atoms with Crippen molar-refractivity contribution >= 4 is 29.2 Å². The summed E-state index contributed by atoms with van der Waals surface area (Å²) in [6.07, 6.45) is -1.81. The molecule has 0 amide bonds. The second-order valence-corrected chi connectivity index (χ2v) is 4.62. The summed E-state index contributed by atoms with van der Waals surface area (Å²) >= 11 is 5.84. The number of esters is 2. The lowest BCUT2D eigenvalue weighted by molar-refractivity contribution is -0.386. The van der Waals surface area contributed by atoms with Gasteiger partial charge in [0, 0.05) is 12.1 Å². The first-order chi connectivity index (χ1) is 11.3. The minimum absolute atomic E-state index is 0.00979. The molecule has 24 heavy (non-hydrogen) atoms. The zero-order valence-electron chi connectivity index (χ0n) is 13.2. The minimum atomic E-state index is -1.81. The fourth-order valence-corrected chi connectivity index (χ4v) is 1.91. The SMILES string of the molecule is CCOC(=O)C(Oc1cc(OC)c(Cl)cc1[N+](=O)[O-])C(=O)OCC. The summed E-state index contributed by atoms with van der Waals surface area (Å²) in [5.41, 5.74) is -0.542. The minimum Gasteiger partial charge on any atom is -0.495 e. The number of rotatable bonds is 8. The average Bonchev–Trinajstić information content (AvgIpc) is 2.53. The van der Waals surface area contributed by atoms with Crippen molar-refractivity contribution in [3.05, 3.63) is 27.3 Å². The van der Waals surface area contributed by atoms with Crippen LogP contribution in [0.15, 0.2) is 12.1 Å². The Hall–Kier alpha value is -2.55. The quantitative estimate of drug-likeness (QED) is 0.299. The second-order valence-electron chi connectivity index (χ2n) is 4.21. The third-order valence-corrected chi connectivity index (χ3v) is 2.97. The molecule has 1 aromatic carbocycles. The Kier molecular flexibility index (Phi) is 7.25. The first-order valence-electron chi connectivity index (χ1n) is 6.87. The molecule has 0 aliphatic carbocycles. The molecular formula is C14H16ClNO8. The van der Waals surface area contributed by atoms with Crippen molar-refractivity contribution in [3.8, 4) is 11.5 Å². The molecule has 0 N–H and O–H groups in total. The Labute approximate surface area is 142 Å². The van der Waals surface area contributed by atoms with Gasteiger partial charge in [0.25, 0.3) is 6.10 Å². The van der Waals surface area contributed by atoms with Crippen LogP contribution in [0.3, 0.4) is 0 Å². The van der Waals surface area contributed by atoms with E-state index in [4.69, 9.17) is 30.5 Å². The molecular weight excluding hydrogens is 346 g/mol. The predicted octanol–water partition coefficient (Wildman–Crippen LogP) is 2.13. The van der Waals surface area contributed by atoms with Gasteiger partial charge >= 0.3 is 17.6 Å². The molecule has 1 rings (SSSR count). The normalized spacial score (nSPS) is 10.2. The van der Waals surface area contributed by atoms with E-state index in [1.54, 1.807) is 0 Å². The van der Waals surface area contributed by atoms with Gasteiger partial charge < -0.3 is 18.9 Å². The molecule has 0 radical (unpaired) electrons. The van der Waals surface area contributed by atoms with Crippen LogP contribution >= 0.6 is 11.6 Å². The van der Waals surface area contributed by atoms with Gasteiger partial charge in [-0.3, -0.25) is 10.1 Å². The summed E-state index contributed by atoms with van der Waals surface area (Å²) in [6, 6.07) is 2.09. The molecule has 0 fully saturated rings. The van der Waals surface area contributed by atoms with E-state index in [0.29, 0.717) is 0 Å². The topological polar surface area (TPSA) is 114 Å². The number of ether oxygens (including phenoxy) is 4. The lowest BCUT2D eigenvalue weighted by atomic mass is 10.2. The van der Waals surface area contributed by atoms with Crippen molar-refractivity contribution < 1.29 is 33.5 Å². The number of hydrogen-bond donors (Lipinski definition) is 0. The molecule has 132 valence electrons. The highest BCUT2D eigenvalue weighted by Gasteiger charge is 2.34. The fraction of sp³-hybridized carbons (Fsp3) is 0.429. The second kappa shape index (κ2) is 8.92. The van der Waals surface area contributed by atoms with E-state index in [0.717, 1.165) is 12.1 Å². The molecule has 0 aromatic heterocycles. The van der Waals surface area contributed by atoms with Crippen molar-refractivity contribution in [2.24, 2.45) is 0 Å². The molecule has 0 saturated carbocycles. The lowest BCUT2D eigenvalue weighted by Gasteiger charge is -2.17. The van der Waals surface area contributed by atoms with Crippen molar-refractivity contribution in [2.75, 3.05) is 20.3 Å². The molecule has 1 aromatic rings. The maximum absolute atomic E-state index is 11.9. The van der Waals surface area contributed by atoms with Crippen LogP contribution in [0.2, 0.25) is 5.02 Å². The Morgan fingerprint density at radius 3 is 2.12 bits per heavy atom. The number of benzene rings is 1. The molecule has 0 saturated heterocycles.